The Bertz CT molecular complexity index is 1250. The number of benzene rings is 1. The number of methoxy groups -OCH3 is 1. The predicted molar refractivity (Wildman–Crippen MR) is 136 cm³/mol. The van der Waals surface area contributed by atoms with Gasteiger partial charge in [-0.1, -0.05) is 20.8 Å². The van der Waals surface area contributed by atoms with E-state index in [0.29, 0.717) is 5.56 Å². The van der Waals surface area contributed by atoms with Crippen molar-refractivity contribution in [2.45, 2.75) is 64.7 Å². The van der Waals surface area contributed by atoms with Crippen LogP contribution in [-0.2, 0) is 25.3 Å². The maximum Gasteiger partial charge on any atom is 0.362 e. The normalized spacial score (nSPS) is 18.2. The van der Waals surface area contributed by atoms with Crippen LogP contribution in [0.25, 0.3) is 0 Å². The Morgan fingerprint density at radius 3 is 2.34 bits per heavy atom. The molecule has 3 rings (SSSR count). The first kappa shape index (κ1) is 28.8. The summed E-state index contributed by atoms with van der Waals surface area (Å²) < 4.78 is 17.4. The van der Waals surface area contributed by atoms with Crippen molar-refractivity contribution in [3.8, 4) is 5.75 Å². The number of nitro benzene ring substituents is 1. The second kappa shape index (κ2) is 10.5. The standard InChI is InChI=1S/C24H32N4O9Si/c1-13(37-38(6,7)24(2,3)4)16-20(25-21(16)30)27-18(19(29)17(26-27)22(31)35-5)23(32)36-12-14-8-10-15(11-9-14)28(33)34/h8-11,13,16,20,29H,12H2,1-7H3,(H,25,30)/t13-,16-,20-/m1/s1. The average molecular weight is 549 g/mol. The van der Waals surface area contributed by atoms with Crippen LogP contribution in [0.15, 0.2) is 24.3 Å². The first-order chi connectivity index (χ1) is 17.6. The molecule has 2 heterocycles. The van der Waals surface area contributed by atoms with Crippen molar-refractivity contribution in [2.24, 2.45) is 5.92 Å². The van der Waals surface area contributed by atoms with Crippen LogP contribution in [0.1, 0.15) is 60.4 Å². The molecule has 14 heteroatoms. The van der Waals surface area contributed by atoms with Gasteiger partial charge in [-0.25, -0.2) is 14.3 Å². The molecule has 3 atom stereocenters. The van der Waals surface area contributed by atoms with Gasteiger partial charge in [0.15, 0.2) is 19.8 Å². The maximum atomic E-state index is 13.1. The number of carbonyl (C=O) groups is 3. The molecule has 1 aliphatic rings. The molecule has 206 valence electrons. The summed E-state index contributed by atoms with van der Waals surface area (Å²) in [5.41, 5.74) is -0.650. The van der Waals surface area contributed by atoms with Gasteiger partial charge in [-0.05, 0) is 42.8 Å². The third-order valence-electron chi connectivity index (χ3n) is 6.96. The molecule has 0 aliphatic carbocycles. The molecule has 1 saturated heterocycles. The molecule has 1 aromatic carbocycles. The number of β-lactam (4-membered cyclic amide) rings is 1. The molecule has 2 N–H and O–H groups in total. The molecular weight excluding hydrogens is 516 g/mol. The van der Waals surface area contributed by atoms with Crippen LogP contribution in [0.4, 0.5) is 5.69 Å². The van der Waals surface area contributed by atoms with E-state index in [1.165, 1.54) is 24.3 Å². The summed E-state index contributed by atoms with van der Waals surface area (Å²) in [5, 5.41) is 28.2. The Balaban J connectivity index is 1.90. The number of aromatic hydroxyl groups is 1. The number of non-ortho nitro benzene ring substituents is 1. The zero-order valence-electron chi connectivity index (χ0n) is 22.3. The van der Waals surface area contributed by atoms with Crippen molar-refractivity contribution in [1.82, 2.24) is 15.1 Å². The number of nitro groups is 1. The molecule has 0 saturated carbocycles. The van der Waals surface area contributed by atoms with E-state index in [1.54, 1.807) is 6.92 Å². The molecule has 2 aromatic rings. The fraction of sp³-hybridized carbons (Fsp3) is 0.500. The summed E-state index contributed by atoms with van der Waals surface area (Å²) in [6.45, 7) is 11.8. The summed E-state index contributed by atoms with van der Waals surface area (Å²) in [5.74, 6) is -3.88. The smallest absolute Gasteiger partial charge is 0.362 e. The Morgan fingerprint density at radius 2 is 1.84 bits per heavy atom. The molecular formula is C24H32N4O9Si. The van der Waals surface area contributed by atoms with Crippen LogP contribution in [0.2, 0.25) is 18.1 Å². The number of carbonyl (C=O) groups excluding carboxylic acids is 3. The van der Waals surface area contributed by atoms with Crippen molar-refractivity contribution in [3.05, 3.63) is 51.3 Å². The first-order valence-corrected chi connectivity index (χ1v) is 14.8. The molecule has 0 bridgehead atoms. The highest BCUT2D eigenvalue weighted by molar-refractivity contribution is 6.74. The van der Waals surface area contributed by atoms with Crippen molar-refractivity contribution < 1.29 is 38.3 Å². The lowest BCUT2D eigenvalue weighted by molar-refractivity contribution is -0.384. The van der Waals surface area contributed by atoms with Crippen molar-refractivity contribution >= 4 is 31.9 Å². The van der Waals surface area contributed by atoms with E-state index in [0.717, 1.165) is 11.8 Å². The van der Waals surface area contributed by atoms with Crippen LogP contribution in [-0.4, -0.2) is 59.2 Å². The van der Waals surface area contributed by atoms with Gasteiger partial charge in [0.05, 0.1) is 18.1 Å². The highest BCUT2D eigenvalue weighted by atomic mass is 28.4. The van der Waals surface area contributed by atoms with E-state index in [4.69, 9.17) is 9.16 Å². The Labute approximate surface area is 220 Å². The fourth-order valence-corrected chi connectivity index (χ4v) is 5.19. The van der Waals surface area contributed by atoms with Crippen molar-refractivity contribution in [2.75, 3.05) is 7.11 Å². The minimum absolute atomic E-state index is 0.119. The van der Waals surface area contributed by atoms with E-state index in [-0.39, 0.29) is 23.2 Å². The van der Waals surface area contributed by atoms with Crippen LogP contribution in [0.5, 0.6) is 5.75 Å². The number of nitrogens with one attached hydrogen (secondary N) is 1. The van der Waals surface area contributed by atoms with Crippen LogP contribution in [0.3, 0.4) is 0 Å². The second-order valence-electron chi connectivity index (χ2n) is 10.5. The zero-order valence-corrected chi connectivity index (χ0v) is 23.3. The Kier molecular flexibility index (Phi) is 7.98. The van der Waals surface area contributed by atoms with E-state index in [2.05, 4.69) is 35.9 Å². The molecule has 0 spiro atoms. The van der Waals surface area contributed by atoms with Gasteiger partial charge < -0.3 is 24.3 Å². The molecule has 1 fully saturated rings. The quantitative estimate of drug-likeness (QED) is 0.156. The number of ether oxygens (including phenoxy) is 2. The number of hydrogen-bond acceptors (Lipinski definition) is 10. The number of amides is 1. The summed E-state index contributed by atoms with van der Waals surface area (Å²) in [4.78, 5) is 48.2. The third-order valence-corrected chi connectivity index (χ3v) is 11.5. The maximum absolute atomic E-state index is 13.1. The summed E-state index contributed by atoms with van der Waals surface area (Å²) in [6.07, 6.45) is -1.47. The number of nitrogens with zero attached hydrogens (tertiary/aromatic N) is 3. The minimum atomic E-state index is -2.27. The van der Waals surface area contributed by atoms with E-state index in [9.17, 15) is 29.6 Å². The summed E-state index contributed by atoms with van der Waals surface area (Å²) >= 11 is 0. The largest absolute Gasteiger partial charge is 0.503 e. The zero-order chi connectivity index (χ0) is 28.6. The lowest BCUT2D eigenvalue weighted by Gasteiger charge is -2.45. The number of hydrogen-bond donors (Lipinski definition) is 2. The Hall–Kier alpha value is -3.78. The Morgan fingerprint density at radius 1 is 1.24 bits per heavy atom. The molecule has 0 unspecified atom stereocenters. The molecule has 1 aromatic heterocycles. The lowest BCUT2D eigenvalue weighted by atomic mass is 9.91. The fourth-order valence-electron chi connectivity index (χ4n) is 3.76. The van der Waals surface area contributed by atoms with E-state index in [1.807, 2.05) is 13.1 Å². The van der Waals surface area contributed by atoms with E-state index < -0.39 is 60.5 Å². The van der Waals surface area contributed by atoms with Crippen LogP contribution < -0.4 is 5.32 Å². The molecule has 13 nitrogen and oxygen atoms in total. The number of rotatable bonds is 9. The molecule has 0 radical (unpaired) electrons. The summed E-state index contributed by atoms with van der Waals surface area (Å²) in [6, 6.07) is 5.37. The highest BCUT2D eigenvalue weighted by Crippen LogP contribution is 2.41. The third kappa shape index (κ3) is 5.55. The summed E-state index contributed by atoms with van der Waals surface area (Å²) in [7, 11) is -1.17. The lowest BCUT2D eigenvalue weighted by Crippen LogP contribution is -2.61. The average Bonchev–Trinajstić information content (AvgIpc) is 3.15. The van der Waals surface area contributed by atoms with Gasteiger partial charge in [0, 0.05) is 12.1 Å². The van der Waals surface area contributed by atoms with Crippen LogP contribution >= 0.6 is 0 Å². The van der Waals surface area contributed by atoms with Gasteiger partial charge >= 0.3 is 11.9 Å². The van der Waals surface area contributed by atoms with Gasteiger partial charge in [0.25, 0.3) is 5.69 Å². The first-order valence-electron chi connectivity index (χ1n) is 11.9. The predicted octanol–water partition coefficient (Wildman–Crippen LogP) is 3.30. The SMILES string of the molecule is COC(=O)c1nn([C@H]2NC(=O)[C@@H]2[C@@H](C)O[Si](C)(C)C(C)(C)C)c(C(=O)OCc2ccc([N+](=O)[O-])cc2)c1O. The van der Waals surface area contributed by atoms with Gasteiger partial charge in [-0.2, -0.15) is 5.10 Å². The van der Waals surface area contributed by atoms with Gasteiger partial charge in [0.1, 0.15) is 18.7 Å². The second-order valence-corrected chi connectivity index (χ2v) is 15.3. The minimum Gasteiger partial charge on any atom is -0.503 e. The number of esters is 2. The van der Waals surface area contributed by atoms with Crippen LogP contribution in [0, 0.1) is 16.0 Å². The van der Waals surface area contributed by atoms with Gasteiger partial charge in [-0.3, -0.25) is 14.9 Å². The molecule has 1 amide bonds. The van der Waals surface area contributed by atoms with Crippen molar-refractivity contribution in [1.29, 1.82) is 0 Å². The topological polar surface area (TPSA) is 172 Å². The van der Waals surface area contributed by atoms with Crippen molar-refractivity contribution in [3.63, 3.8) is 0 Å². The molecule has 38 heavy (non-hydrogen) atoms. The van der Waals surface area contributed by atoms with Gasteiger partial charge in [0.2, 0.25) is 11.6 Å². The van der Waals surface area contributed by atoms with Gasteiger partial charge in [-0.15, -0.1) is 0 Å². The van der Waals surface area contributed by atoms with E-state index >= 15 is 0 Å². The highest BCUT2D eigenvalue weighted by Gasteiger charge is 2.50. The number of aromatic nitrogens is 2. The molecule has 1 aliphatic heterocycles. The monoisotopic (exact) mass is 548 g/mol.